The number of nitrogens with zero attached hydrogens (tertiary/aromatic N) is 1. The molecule has 0 aromatic heterocycles. The van der Waals surface area contributed by atoms with E-state index in [0.29, 0.717) is 17.6 Å². The first kappa shape index (κ1) is 28.6. The van der Waals surface area contributed by atoms with Crippen LogP contribution in [-0.2, 0) is 38.1 Å². The van der Waals surface area contributed by atoms with Crippen LogP contribution in [0.15, 0.2) is 12.2 Å². The normalized spacial score (nSPS) is 12.4. The highest BCUT2D eigenvalue weighted by molar-refractivity contribution is 5.86. The first-order chi connectivity index (χ1) is 14.6. The number of carbonyl (C=O) groups excluding carboxylic acids is 4. The van der Waals surface area contributed by atoms with Crippen molar-refractivity contribution in [3.8, 4) is 0 Å². The zero-order valence-electron chi connectivity index (χ0n) is 19.4. The Morgan fingerprint density at radius 1 is 0.742 bits per heavy atom. The zero-order valence-corrected chi connectivity index (χ0v) is 19.4. The molecule has 0 spiro atoms. The first-order valence-electron chi connectivity index (χ1n) is 10.8. The summed E-state index contributed by atoms with van der Waals surface area (Å²) in [5.74, 6) is -1.60. The Kier molecular flexibility index (Phi) is 15.0. The fourth-order valence-electron chi connectivity index (χ4n) is 2.57. The summed E-state index contributed by atoms with van der Waals surface area (Å²) in [6.07, 6.45) is 2.64. The van der Waals surface area contributed by atoms with E-state index in [2.05, 4.69) is 13.5 Å². The predicted octanol–water partition coefficient (Wildman–Crippen LogP) is 2.17. The van der Waals surface area contributed by atoms with Crippen LogP contribution >= 0.6 is 0 Å². The number of rotatable bonds is 17. The van der Waals surface area contributed by atoms with Gasteiger partial charge in [-0.15, -0.1) is 0 Å². The second kappa shape index (κ2) is 16.3. The molecule has 0 bridgehead atoms. The van der Waals surface area contributed by atoms with Gasteiger partial charge in [-0.3, -0.25) is 14.4 Å². The number of hydrogen-bond acceptors (Lipinski definition) is 8. The Bertz CT molecular complexity index is 604. The standard InChI is InChI=1S/C22H38NO8/c1-6-8-11-23(5,12-9-20(25)29-15-14-28-19(24)7-2)13-10-21(26)30-16-17-31-22(27)18(3)4/h3,6-17H2,1-2,4-5H3/q+1. The maximum absolute atomic E-state index is 12.0. The maximum atomic E-state index is 12.0. The highest BCUT2D eigenvalue weighted by Gasteiger charge is 2.24. The molecule has 1 unspecified atom stereocenters. The summed E-state index contributed by atoms with van der Waals surface area (Å²) in [7, 11) is 1.99. The molecule has 0 aromatic rings. The molecular formula is C22H38NO8+. The maximum Gasteiger partial charge on any atom is 0.333 e. The Balaban J connectivity index is 4.31. The number of unbranched alkanes of at least 4 members (excludes halogenated alkanes) is 1. The van der Waals surface area contributed by atoms with Gasteiger partial charge in [-0.25, -0.2) is 4.79 Å². The molecule has 178 valence electrons. The van der Waals surface area contributed by atoms with Crippen molar-refractivity contribution in [2.24, 2.45) is 0 Å². The molecule has 0 aliphatic rings. The lowest BCUT2D eigenvalue weighted by atomic mass is 10.2. The topological polar surface area (TPSA) is 105 Å². The van der Waals surface area contributed by atoms with Crippen LogP contribution in [0, 0.1) is 0 Å². The van der Waals surface area contributed by atoms with E-state index >= 15 is 0 Å². The molecule has 0 aliphatic carbocycles. The summed E-state index contributed by atoms with van der Waals surface area (Å²) in [6, 6.07) is 0. The van der Waals surface area contributed by atoms with Crippen molar-refractivity contribution in [1.29, 1.82) is 0 Å². The van der Waals surface area contributed by atoms with Gasteiger partial charge in [0.25, 0.3) is 0 Å². The van der Waals surface area contributed by atoms with Crippen LogP contribution in [-0.4, -0.2) is 81.5 Å². The van der Waals surface area contributed by atoms with Crippen LogP contribution in [0.25, 0.3) is 0 Å². The first-order valence-corrected chi connectivity index (χ1v) is 10.8. The summed E-state index contributed by atoms with van der Waals surface area (Å²) in [6.45, 7) is 10.7. The number of quaternary nitrogens is 1. The molecular weight excluding hydrogens is 406 g/mol. The van der Waals surface area contributed by atoms with Crippen molar-refractivity contribution in [2.75, 3.05) is 53.1 Å². The van der Waals surface area contributed by atoms with E-state index in [1.54, 1.807) is 13.8 Å². The molecule has 9 nitrogen and oxygen atoms in total. The molecule has 0 heterocycles. The van der Waals surface area contributed by atoms with Gasteiger partial charge in [-0.1, -0.05) is 26.8 Å². The van der Waals surface area contributed by atoms with Crippen molar-refractivity contribution in [2.45, 2.75) is 52.9 Å². The average molecular weight is 445 g/mol. The highest BCUT2D eigenvalue weighted by Crippen LogP contribution is 2.10. The molecule has 0 amide bonds. The molecule has 0 rings (SSSR count). The third-order valence-corrected chi connectivity index (χ3v) is 4.59. The summed E-state index contributed by atoms with van der Waals surface area (Å²) in [5, 5.41) is 0. The average Bonchev–Trinajstić information content (AvgIpc) is 2.75. The summed E-state index contributed by atoms with van der Waals surface area (Å²) >= 11 is 0. The lowest BCUT2D eigenvalue weighted by Crippen LogP contribution is -2.47. The van der Waals surface area contributed by atoms with Crippen LogP contribution in [0.4, 0.5) is 0 Å². The number of esters is 4. The minimum atomic E-state index is -0.518. The third kappa shape index (κ3) is 15.1. The minimum absolute atomic E-state index is 0.00847. The quantitative estimate of drug-likeness (QED) is 0.111. The Hall–Kier alpha value is -2.42. The fraction of sp³-hybridized carbons (Fsp3) is 0.727. The largest absolute Gasteiger partial charge is 0.462 e. The second-order valence-corrected chi connectivity index (χ2v) is 7.58. The van der Waals surface area contributed by atoms with Gasteiger partial charge in [0.2, 0.25) is 0 Å². The van der Waals surface area contributed by atoms with Gasteiger partial charge in [0.05, 0.1) is 39.5 Å². The molecule has 0 fully saturated rings. The zero-order chi connectivity index (χ0) is 23.7. The van der Waals surface area contributed by atoms with E-state index in [4.69, 9.17) is 18.9 Å². The third-order valence-electron chi connectivity index (χ3n) is 4.59. The summed E-state index contributed by atoms with van der Waals surface area (Å²) in [5.41, 5.74) is 0.288. The van der Waals surface area contributed by atoms with Gasteiger partial charge >= 0.3 is 23.9 Å². The Morgan fingerprint density at radius 2 is 1.19 bits per heavy atom. The molecule has 31 heavy (non-hydrogen) atoms. The van der Waals surface area contributed by atoms with E-state index in [1.807, 2.05) is 7.05 Å². The molecule has 9 heteroatoms. The van der Waals surface area contributed by atoms with E-state index in [9.17, 15) is 19.2 Å². The minimum Gasteiger partial charge on any atom is -0.462 e. The summed E-state index contributed by atoms with van der Waals surface area (Å²) in [4.78, 5) is 46.3. The molecule has 0 saturated carbocycles. The molecule has 0 N–H and O–H groups in total. The Morgan fingerprint density at radius 3 is 1.61 bits per heavy atom. The monoisotopic (exact) mass is 444 g/mol. The van der Waals surface area contributed by atoms with Crippen LogP contribution in [0.2, 0.25) is 0 Å². The van der Waals surface area contributed by atoms with E-state index in [-0.39, 0.29) is 69.2 Å². The molecule has 0 aliphatic heterocycles. The highest BCUT2D eigenvalue weighted by atomic mass is 16.6. The van der Waals surface area contributed by atoms with E-state index < -0.39 is 5.97 Å². The summed E-state index contributed by atoms with van der Waals surface area (Å²) < 4.78 is 20.5. The van der Waals surface area contributed by atoms with Crippen LogP contribution in [0.1, 0.15) is 52.9 Å². The van der Waals surface area contributed by atoms with Crippen LogP contribution in [0.5, 0.6) is 0 Å². The van der Waals surface area contributed by atoms with E-state index in [0.717, 1.165) is 19.4 Å². The van der Waals surface area contributed by atoms with Gasteiger partial charge in [0, 0.05) is 12.0 Å². The number of carbonyl (C=O) groups is 4. The predicted molar refractivity (Wildman–Crippen MR) is 114 cm³/mol. The van der Waals surface area contributed by atoms with Crippen molar-refractivity contribution in [1.82, 2.24) is 0 Å². The molecule has 0 radical (unpaired) electrons. The molecule has 0 aromatic carbocycles. The second-order valence-electron chi connectivity index (χ2n) is 7.58. The van der Waals surface area contributed by atoms with Crippen LogP contribution in [0.3, 0.4) is 0 Å². The van der Waals surface area contributed by atoms with Crippen LogP contribution < -0.4 is 0 Å². The van der Waals surface area contributed by atoms with E-state index in [1.165, 1.54) is 0 Å². The van der Waals surface area contributed by atoms with Crippen molar-refractivity contribution in [3.63, 3.8) is 0 Å². The van der Waals surface area contributed by atoms with Gasteiger partial charge in [0.15, 0.2) is 0 Å². The smallest absolute Gasteiger partial charge is 0.333 e. The van der Waals surface area contributed by atoms with Crippen molar-refractivity contribution in [3.05, 3.63) is 12.2 Å². The van der Waals surface area contributed by atoms with Gasteiger partial charge in [-0.2, -0.15) is 0 Å². The fourth-order valence-corrected chi connectivity index (χ4v) is 2.57. The number of hydrogen-bond donors (Lipinski definition) is 0. The molecule has 1 atom stereocenters. The number of ether oxygens (including phenoxy) is 4. The van der Waals surface area contributed by atoms with Gasteiger partial charge in [0.1, 0.15) is 26.4 Å². The van der Waals surface area contributed by atoms with Gasteiger partial charge in [-0.05, 0) is 13.3 Å². The SMILES string of the molecule is C=C(C)C(=O)OCCOC(=O)CC[N+](C)(CCCC)CCC(=O)OCCOC(=O)CC. The lowest BCUT2D eigenvalue weighted by Gasteiger charge is -2.34. The van der Waals surface area contributed by atoms with Crippen molar-refractivity contribution < 1.29 is 42.6 Å². The molecule has 0 saturated heterocycles. The van der Waals surface area contributed by atoms with Gasteiger partial charge < -0.3 is 23.4 Å². The van der Waals surface area contributed by atoms with Crippen molar-refractivity contribution >= 4 is 23.9 Å². The Labute approximate surface area is 185 Å². The lowest BCUT2D eigenvalue weighted by molar-refractivity contribution is -0.908.